The van der Waals surface area contributed by atoms with Gasteiger partial charge in [-0.15, -0.1) is 0 Å². The number of Topliss-reactive ketones (excluding diaryl/α,β-unsaturated/α-hetero) is 1. The smallest absolute Gasteiger partial charge is 0.262 e. The fourth-order valence-corrected chi connectivity index (χ4v) is 5.64. The van der Waals surface area contributed by atoms with Crippen molar-refractivity contribution in [3.63, 3.8) is 0 Å². The Bertz CT molecular complexity index is 1510. The number of carbonyl (C=O) groups is 2. The molecule has 1 heterocycles. The van der Waals surface area contributed by atoms with Gasteiger partial charge in [-0.25, -0.2) is 9.37 Å². The molecule has 38 heavy (non-hydrogen) atoms. The van der Waals surface area contributed by atoms with Crippen molar-refractivity contribution in [1.29, 1.82) is 0 Å². The molecule has 1 aliphatic rings. The molecule has 1 aromatic heterocycles. The average molecular weight is 530 g/mol. The lowest BCUT2D eigenvalue weighted by molar-refractivity contribution is 0.0937. The molecule has 194 valence electrons. The van der Waals surface area contributed by atoms with Gasteiger partial charge in [-0.1, -0.05) is 54.9 Å². The Morgan fingerprint density at radius 3 is 2.42 bits per heavy atom. The molecule has 1 fully saturated rings. The zero-order chi connectivity index (χ0) is 26.5. The standard InChI is InChI=1S/C30H28FN3O3S/c31-23-13-10-21(11-14-23)27(35)19-38-30-33-26-18-22(28(36)32-24-8-4-5-9-24)12-15-25(26)29(37)34(30)17-16-20-6-2-1-3-7-20/h1-3,6-7,10-15,18,24H,4-5,8-9,16-17,19H2,(H,32,36). The maximum atomic E-state index is 13.6. The number of aromatic nitrogens is 2. The van der Waals surface area contributed by atoms with E-state index in [4.69, 9.17) is 4.98 Å². The number of rotatable bonds is 9. The molecule has 0 unspecified atom stereocenters. The minimum absolute atomic E-state index is 0.0385. The van der Waals surface area contributed by atoms with Crippen LogP contribution in [-0.2, 0) is 13.0 Å². The van der Waals surface area contributed by atoms with E-state index in [1.165, 1.54) is 36.0 Å². The zero-order valence-corrected chi connectivity index (χ0v) is 21.7. The van der Waals surface area contributed by atoms with Gasteiger partial charge in [0, 0.05) is 23.7 Å². The fraction of sp³-hybridized carbons (Fsp3) is 0.267. The SMILES string of the molecule is O=C(CSc1nc2cc(C(=O)NC3CCCC3)ccc2c(=O)n1CCc1ccccc1)c1ccc(F)cc1. The Hall–Kier alpha value is -3.78. The molecular formula is C30H28FN3O3S. The van der Waals surface area contributed by atoms with Crippen LogP contribution in [0.2, 0.25) is 0 Å². The molecule has 1 amide bonds. The van der Waals surface area contributed by atoms with Gasteiger partial charge in [-0.3, -0.25) is 19.0 Å². The van der Waals surface area contributed by atoms with E-state index in [2.05, 4.69) is 5.32 Å². The molecule has 0 radical (unpaired) electrons. The van der Waals surface area contributed by atoms with Gasteiger partial charge in [0.15, 0.2) is 10.9 Å². The molecule has 0 atom stereocenters. The minimum Gasteiger partial charge on any atom is -0.349 e. The number of benzene rings is 3. The van der Waals surface area contributed by atoms with E-state index in [1.54, 1.807) is 22.8 Å². The van der Waals surface area contributed by atoms with Crippen LogP contribution in [0.3, 0.4) is 0 Å². The van der Waals surface area contributed by atoms with Crippen molar-refractivity contribution >= 4 is 34.4 Å². The summed E-state index contributed by atoms with van der Waals surface area (Å²) in [5.74, 6) is -0.734. The Kier molecular flexibility index (Phi) is 7.98. The number of carbonyl (C=O) groups excluding carboxylic acids is 2. The van der Waals surface area contributed by atoms with Crippen molar-refractivity contribution in [2.24, 2.45) is 0 Å². The number of nitrogens with zero attached hydrogens (tertiary/aromatic N) is 2. The third kappa shape index (κ3) is 6.02. The largest absolute Gasteiger partial charge is 0.349 e. The van der Waals surface area contributed by atoms with E-state index < -0.39 is 5.82 Å². The van der Waals surface area contributed by atoms with Crippen LogP contribution in [0.25, 0.3) is 10.9 Å². The maximum Gasteiger partial charge on any atom is 0.262 e. The van der Waals surface area contributed by atoms with Crippen LogP contribution in [0.5, 0.6) is 0 Å². The molecule has 1 N–H and O–H groups in total. The highest BCUT2D eigenvalue weighted by Crippen LogP contribution is 2.22. The molecule has 3 aromatic carbocycles. The first-order valence-electron chi connectivity index (χ1n) is 12.8. The maximum absolute atomic E-state index is 13.6. The summed E-state index contributed by atoms with van der Waals surface area (Å²) in [7, 11) is 0. The third-order valence-electron chi connectivity index (χ3n) is 6.84. The molecule has 0 saturated heterocycles. The van der Waals surface area contributed by atoms with E-state index in [9.17, 15) is 18.8 Å². The topological polar surface area (TPSA) is 81.1 Å². The number of hydrogen-bond donors (Lipinski definition) is 1. The van der Waals surface area contributed by atoms with Crippen LogP contribution in [0.4, 0.5) is 4.39 Å². The molecule has 1 saturated carbocycles. The lowest BCUT2D eigenvalue weighted by Gasteiger charge is -2.15. The Morgan fingerprint density at radius 1 is 0.974 bits per heavy atom. The summed E-state index contributed by atoms with van der Waals surface area (Å²) < 4.78 is 14.9. The summed E-state index contributed by atoms with van der Waals surface area (Å²) in [6.07, 6.45) is 4.81. The number of ketones is 1. The predicted molar refractivity (Wildman–Crippen MR) is 147 cm³/mol. The Morgan fingerprint density at radius 2 is 1.68 bits per heavy atom. The molecule has 4 aromatic rings. The highest BCUT2D eigenvalue weighted by atomic mass is 32.2. The Balaban J connectivity index is 1.45. The number of nitrogens with one attached hydrogen (secondary N) is 1. The van der Waals surface area contributed by atoms with Crippen molar-refractivity contribution in [2.75, 3.05) is 5.75 Å². The van der Waals surface area contributed by atoms with Crippen LogP contribution in [0.1, 0.15) is 52.0 Å². The molecule has 5 rings (SSSR count). The first-order valence-corrected chi connectivity index (χ1v) is 13.8. The zero-order valence-electron chi connectivity index (χ0n) is 20.9. The third-order valence-corrected chi connectivity index (χ3v) is 7.81. The van der Waals surface area contributed by atoms with Gasteiger partial charge in [0.25, 0.3) is 11.5 Å². The van der Waals surface area contributed by atoms with E-state index in [0.717, 1.165) is 31.2 Å². The van der Waals surface area contributed by atoms with E-state index in [1.807, 2.05) is 30.3 Å². The van der Waals surface area contributed by atoms with Gasteiger partial charge < -0.3 is 5.32 Å². The van der Waals surface area contributed by atoms with Gasteiger partial charge in [-0.2, -0.15) is 0 Å². The van der Waals surface area contributed by atoms with Crippen molar-refractivity contribution < 1.29 is 14.0 Å². The van der Waals surface area contributed by atoms with Crippen LogP contribution in [0, 0.1) is 5.82 Å². The van der Waals surface area contributed by atoms with Crippen LogP contribution >= 0.6 is 11.8 Å². The second-order valence-electron chi connectivity index (χ2n) is 9.49. The van der Waals surface area contributed by atoms with Crippen molar-refractivity contribution in [3.05, 3.63) is 106 Å². The Labute approximate surface area is 224 Å². The average Bonchev–Trinajstić information content (AvgIpc) is 3.45. The van der Waals surface area contributed by atoms with E-state index in [-0.39, 0.29) is 29.0 Å². The van der Waals surface area contributed by atoms with Crippen LogP contribution < -0.4 is 10.9 Å². The van der Waals surface area contributed by atoms with Gasteiger partial charge in [0.05, 0.1) is 16.7 Å². The van der Waals surface area contributed by atoms with Gasteiger partial charge in [0.2, 0.25) is 0 Å². The number of amides is 1. The first kappa shape index (κ1) is 25.9. The molecular weight excluding hydrogens is 501 g/mol. The van der Waals surface area contributed by atoms with E-state index in [0.29, 0.717) is 40.2 Å². The monoisotopic (exact) mass is 529 g/mol. The number of thioether (sulfide) groups is 1. The minimum atomic E-state index is -0.409. The van der Waals surface area contributed by atoms with Crippen molar-refractivity contribution in [3.8, 4) is 0 Å². The molecule has 0 bridgehead atoms. The first-order chi connectivity index (χ1) is 18.5. The lowest BCUT2D eigenvalue weighted by Crippen LogP contribution is -2.32. The van der Waals surface area contributed by atoms with Gasteiger partial charge in [-0.05, 0) is 67.3 Å². The van der Waals surface area contributed by atoms with Crippen LogP contribution in [-0.4, -0.2) is 33.0 Å². The molecule has 8 heteroatoms. The summed E-state index contributed by atoms with van der Waals surface area (Å²) in [6, 6.07) is 20.4. The van der Waals surface area contributed by atoms with Gasteiger partial charge >= 0.3 is 0 Å². The molecule has 0 spiro atoms. The highest BCUT2D eigenvalue weighted by molar-refractivity contribution is 7.99. The lowest BCUT2D eigenvalue weighted by atomic mass is 10.1. The summed E-state index contributed by atoms with van der Waals surface area (Å²) >= 11 is 1.17. The highest BCUT2D eigenvalue weighted by Gasteiger charge is 2.20. The second-order valence-corrected chi connectivity index (χ2v) is 10.4. The number of fused-ring (bicyclic) bond motifs is 1. The summed E-state index contributed by atoms with van der Waals surface area (Å²) in [5.41, 5.74) is 2.13. The molecule has 0 aliphatic heterocycles. The predicted octanol–water partition coefficient (Wildman–Crippen LogP) is 5.43. The second kappa shape index (κ2) is 11.7. The quantitative estimate of drug-likeness (QED) is 0.178. The van der Waals surface area contributed by atoms with Crippen molar-refractivity contribution in [1.82, 2.24) is 14.9 Å². The summed E-state index contributed by atoms with van der Waals surface area (Å²) in [4.78, 5) is 43.9. The number of hydrogen-bond acceptors (Lipinski definition) is 5. The van der Waals surface area contributed by atoms with Crippen molar-refractivity contribution in [2.45, 2.75) is 49.8 Å². The number of halogens is 1. The van der Waals surface area contributed by atoms with Gasteiger partial charge in [0.1, 0.15) is 5.82 Å². The normalized spacial score (nSPS) is 13.6. The molecule has 1 aliphatic carbocycles. The fourth-order valence-electron chi connectivity index (χ4n) is 4.72. The number of aryl methyl sites for hydroxylation is 1. The van der Waals surface area contributed by atoms with E-state index >= 15 is 0 Å². The summed E-state index contributed by atoms with van der Waals surface area (Å²) in [5, 5.41) is 3.90. The van der Waals surface area contributed by atoms with Crippen LogP contribution in [0.15, 0.2) is 82.7 Å². The summed E-state index contributed by atoms with van der Waals surface area (Å²) in [6.45, 7) is 0.392. The molecule has 6 nitrogen and oxygen atoms in total.